The molecule has 2 unspecified atom stereocenters. The number of aryl methyl sites for hydroxylation is 1. The van der Waals surface area contributed by atoms with Gasteiger partial charge in [0.15, 0.2) is 5.11 Å². The number of para-hydroxylation sites is 2. The van der Waals surface area contributed by atoms with Crippen molar-refractivity contribution in [2.24, 2.45) is 0 Å². The SMILES string of the molecule is Cc1cc(C2C(c3ccccn3)NC(=S)N2c2ccc(F)cc2)c(C)n1-c1ccccc1O. The third kappa shape index (κ3) is 3.64. The fourth-order valence-corrected chi connectivity index (χ4v) is 5.01. The van der Waals surface area contributed by atoms with Crippen LogP contribution in [0.2, 0.25) is 0 Å². The second-order valence-electron chi connectivity index (χ2n) is 8.12. The molecule has 0 amide bonds. The lowest BCUT2D eigenvalue weighted by Crippen LogP contribution is -2.29. The van der Waals surface area contributed by atoms with Crippen LogP contribution in [0.4, 0.5) is 10.1 Å². The van der Waals surface area contributed by atoms with Crippen LogP contribution in [-0.2, 0) is 0 Å². The van der Waals surface area contributed by atoms with Crippen molar-refractivity contribution in [1.29, 1.82) is 0 Å². The highest BCUT2D eigenvalue weighted by Crippen LogP contribution is 2.44. The first-order chi connectivity index (χ1) is 16.0. The summed E-state index contributed by atoms with van der Waals surface area (Å²) in [6.07, 6.45) is 1.77. The molecular weight excluding hydrogens is 435 g/mol. The van der Waals surface area contributed by atoms with Gasteiger partial charge in [-0.15, -0.1) is 0 Å². The van der Waals surface area contributed by atoms with E-state index in [1.54, 1.807) is 30.5 Å². The van der Waals surface area contributed by atoms with Gasteiger partial charge in [-0.2, -0.15) is 0 Å². The zero-order valence-corrected chi connectivity index (χ0v) is 19.1. The number of aromatic hydroxyl groups is 1. The first-order valence-electron chi connectivity index (χ1n) is 10.7. The van der Waals surface area contributed by atoms with Crippen molar-refractivity contribution < 1.29 is 9.50 Å². The molecule has 0 bridgehead atoms. The lowest BCUT2D eigenvalue weighted by molar-refractivity contribution is 0.471. The van der Waals surface area contributed by atoms with E-state index in [9.17, 15) is 9.50 Å². The normalized spacial score (nSPS) is 17.9. The van der Waals surface area contributed by atoms with Gasteiger partial charge in [-0.25, -0.2) is 4.39 Å². The van der Waals surface area contributed by atoms with Gasteiger partial charge in [-0.3, -0.25) is 4.98 Å². The van der Waals surface area contributed by atoms with Crippen LogP contribution in [0.1, 0.15) is 34.7 Å². The maximum absolute atomic E-state index is 13.7. The summed E-state index contributed by atoms with van der Waals surface area (Å²) in [5.41, 5.74) is 5.39. The monoisotopic (exact) mass is 458 g/mol. The molecule has 33 heavy (non-hydrogen) atoms. The summed E-state index contributed by atoms with van der Waals surface area (Å²) < 4.78 is 15.7. The molecule has 2 N–H and O–H groups in total. The number of anilines is 1. The molecule has 3 heterocycles. The maximum Gasteiger partial charge on any atom is 0.174 e. The predicted octanol–water partition coefficient (Wildman–Crippen LogP) is 5.51. The minimum atomic E-state index is -0.299. The number of rotatable bonds is 4. The third-order valence-corrected chi connectivity index (χ3v) is 6.43. The van der Waals surface area contributed by atoms with E-state index >= 15 is 0 Å². The van der Waals surface area contributed by atoms with Crippen LogP contribution >= 0.6 is 12.2 Å². The number of thiocarbonyl (C=S) groups is 1. The van der Waals surface area contributed by atoms with Gasteiger partial charge in [0, 0.05) is 23.3 Å². The van der Waals surface area contributed by atoms with E-state index < -0.39 is 0 Å². The van der Waals surface area contributed by atoms with Crippen LogP contribution < -0.4 is 10.2 Å². The van der Waals surface area contributed by atoms with E-state index in [-0.39, 0.29) is 23.7 Å². The molecule has 0 spiro atoms. The third-order valence-electron chi connectivity index (χ3n) is 6.11. The zero-order chi connectivity index (χ0) is 23.1. The van der Waals surface area contributed by atoms with Crippen molar-refractivity contribution in [2.75, 3.05) is 4.90 Å². The summed E-state index contributed by atoms with van der Waals surface area (Å²) in [4.78, 5) is 6.61. The highest BCUT2D eigenvalue weighted by molar-refractivity contribution is 7.80. The molecule has 1 aliphatic rings. The summed E-state index contributed by atoms with van der Waals surface area (Å²) >= 11 is 5.75. The van der Waals surface area contributed by atoms with Crippen molar-refractivity contribution in [3.8, 4) is 11.4 Å². The molecule has 0 aliphatic carbocycles. The lowest BCUT2D eigenvalue weighted by atomic mass is 9.96. The minimum absolute atomic E-state index is 0.206. The molecule has 0 saturated carbocycles. The number of phenolic OH excluding ortho intramolecular Hbond substituents is 1. The van der Waals surface area contributed by atoms with E-state index in [4.69, 9.17) is 12.2 Å². The molecule has 2 aromatic carbocycles. The Morgan fingerprint density at radius 3 is 2.42 bits per heavy atom. The smallest absolute Gasteiger partial charge is 0.174 e. The summed E-state index contributed by atoms with van der Waals surface area (Å²) in [6, 6.07) is 21.1. The van der Waals surface area contributed by atoms with Crippen molar-refractivity contribution in [1.82, 2.24) is 14.9 Å². The Morgan fingerprint density at radius 2 is 1.73 bits per heavy atom. The molecular formula is C26H23FN4OS. The molecule has 166 valence electrons. The molecule has 0 radical (unpaired) electrons. The number of benzene rings is 2. The zero-order valence-electron chi connectivity index (χ0n) is 18.2. The van der Waals surface area contributed by atoms with Crippen LogP contribution in [0.5, 0.6) is 5.75 Å². The Morgan fingerprint density at radius 1 is 1.00 bits per heavy atom. The first-order valence-corrected chi connectivity index (χ1v) is 11.1. The van der Waals surface area contributed by atoms with Gasteiger partial charge in [0.2, 0.25) is 0 Å². The van der Waals surface area contributed by atoms with E-state index in [0.29, 0.717) is 5.11 Å². The van der Waals surface area contributed by atoms with E-state index in [0.717, 1.165) is 34.0 Å². The Kier molecular flexibility index (Phi) is 5.34. The summed E-state index contributed by atoms with van der Waals surface area (Å²) in [7, 11) is 0. The number of pyridine rings is 1. The lowest BCUT2D eigenvalue weighted by Gasteiger charge is -2.28. The second kappa shape index (κ2) is 8.33. The van der Waals surface area contributed by atoms with Crippen LogP contribution in [0.25, 0.3) is 5.69 Å². The topological polar surface area (TPSA) is 53.3 Å². The van der Waals surface area contributed by atoms with E-state index in [1.807, 2.05) is 53.6 Å². The highest BCUT2D eigenvalue weighted by atomic mass is 32.1. The number of hydrogen-bond acceptors (Lipinski definition) is 3. The van der Waals surface area contributed by atoms with Crippen molar-refractivity contribution in [3.63, 3.8) is 0 Å². The number of nitrogens with one attached hydrogen (secondary N) is 1. The number of halogens is 1. The summed E-state index contributed by atoms with van der Waals surface area (Å²) in [6.45, 7) is 4.05. The van der Waals surface area contributed by atoms with Gasteiger partial charge in [0.25, 0.3) is 0 Å². The van der Waals surface area contributed by atoms with Crippen LogP contribution in [-0.4, -0.2) is 19.8 Å². The van der Waals surface area contributed by atoms with Gasteiger partial charge >= 0.3 is 0 Å². The molecule has 2 atom stereocenters. The standard InChI is InChI=1S/C26H23FN4OS/c1-16-15-20(17(2)30(16)22-8-3-4-9-23(22)32)25-24(21-7-5-6-14-28-21)29-26(33)31(25)19-12-10-18(27)11-13-19/h3-15,24-25,32H,1-2H3,(H,29,33). The molecule has 1 fully saturated rings. The number of hydrogen-bond donors (Lipinski definition) is 2. The largest absolute Gasteiger partial charge is 0.506 e. The van der Waals surface area contributed by atoms with Gasteiger partial charge in [0.05, 0.1) is 23.5 Å². The van der Waals surface area contributed by atoms with Crippen LogP contribution in [0.3, 0.4) is 0 Å². The fourth-order valence-electron chi connectivity index (χ4n) is 4.66. The summed E-state index contributed by atoms with van der Waals surface area (Å²) in [5.74, 6) is -0.0880. The van der Waals surface area contributed by atoms with E-state index in [2.05, 4.69) is 16.4 Å². The average Bonchev–Trinajstić information content (AvgIpc) is 3.31. The molecule has 2 aromatic heterocycles. The average molecular weight is 459 g/mol. The number of nitrogens with zero attached hydrogens (tertiary/aromatic N) is 3. The Balaban J connectivity index is 1.69. The Bertz CT molecular complexity index is 1320. The molecule has 5 nitrogen and oxygen atoms in total. The van der Waals surface area contributed by atoms with Crippen LogP contribution in [0, 0.1) is 19.7 Å². The van der Waals surface area contributed by atoms with Crippen molar-refractivity contribution in [2.45, 2.75) is 25.9 Å². The van der Waals surface area contributed by atoms with Crippen molar-refractivity contribution in [3.05, 3.63) is 107 Å². The molecule has 1 saturated heterocycles. The first kappa shape index (κ1) is 21.2. The van der Waals surface area contributed by atoms with E-state index in [1.165, 1.54) is 12.1 Å². The molecule has 1 aliphatic heterocycles. The number of aromatic nitrogens is 2. The van der Waals surface area contributed by atoms with Crippen molar-refractivity contribution >= 4 is 23.0 Å². The Hall–Kier alpha value is -3.71. The Labute approximate surface area is 197 Å². The summed E-state index contributed by atoms with van der Waals surface area (Å²) in [5, 5.41) is 14.5. The fraction of sp³-hybridized carbons (Fsp3) is 0.154. The molecule has 4 aromatic rings. The van der Waals surface area contributed by atoms with Gasteiger partial charge < -0.3 is 19.9 Å². The van der Waals surface area contributed by atoms with Gasteiger partial charge in [0.1, 0.15) is 11.6 Å². The van der Waals surface area contributed by atoms with Gasteiger partial charge in [-0.05, 0) is 86.2 Å². The second-order valence-corrected chi connectivity index (χ2v) is 8.51. The van der Waals surface area contributed by atoms with Crippen LogP contribution in [0.15, 0.2) is 79.0 Å². The molecule has 5 rings (SSSR count). The quantitative estimate of drug-likeness (QED) is 0.395. The minimum Gasteiger partial charge on any atom is -0.506 e. The maximum atomic E-state index is 13.7. The number of phenols is 1. The highest BCUT2D eigenvalue weighted by Gasteiger charge is 2.42. The predicted molar refractivity (Wildman–Crippen MR) is 131 cm³/mol. The molecule has 7 heteroatoms. The van der Waals surface area contributed by atoms with Gasteiger partial charge in [-0.1, -0.05) is 18.2 Å².